The zero-order valence-electron chi connectivity index (χ0n) is 24.7. The highest BCUT2D eigenvalue weighted by Gasteiger charge is 2.85. The number of carbonyl (C=O) groups excluding carboxylic acids is 2. The largest absolute Gasteiger partial charge is 0.461 e. The van der Waals surface area contributed by atoms with Gasteiger partial charge in [0.05, 0.1) is 0 Å². The average Bonchev–Trinajstić information content (AvgIpc) is 2.87. The SMILES string of the molecule is C=C(C)C(=O)OC(C)(C)C.C=C(C)C(=O)OCCN(C)S(=O)(=O)C(F)(F)C(F)(F)C(F)(F)C(F)(F)F.C=Cc1ccccc1. The maximum atomic E-state index is 13.5. The van der Waals surface area contributed by atoms with Crippen molar-refractivity contribution in [1.29, 1.82) is 0 Å². The third-order valence-electron chi connectivity index (χ3n) is 4.62. The molecule has 0 aromatic heterocycles. The summed E-state index contributed by atoms with van der Waals surface area (Å²) in [4.78, 5) is 21.8. The van der Waals surface area contributed by atoms with E-state index in [1.807, 2.05) is 57.2 Å². The van der Waals surface area contributed by atoms with E-state index in [0.29, 0.717) is 5.57 Å². The molecule has 0 spiro atoms. The second kappa shape index (κ2) is 16.1. The minimum absolute atomic E-state index is 0.194. The first-order valence-corrected chi connectivity index (χ1v) is 13.5. The fraction of sp³-hybridized carbons (Fsp3) is 0.481. The highest BCUT2D eigenvalue weighted by molar-refractivity contribution is 7.90. The third-order valence-corrected chi connectivity index (χ3v) is 6.53. The topological polar surface area (TPSA) is 90.0 Å². The van der Waals surface area contributed by atoms with Crippen molar-refractivity contribution in [2.75, 3.05) is 20.2 Å². The third kappa shape index (κ3) is 12.0. The van der Waals surface area contributed by atoms with E-state index in [9.17, 15) is 57.5 Å². The highest BCUT2D eigenvalue weighted by atomic mass is 32.2. The Balaban J connectivity index is 0. The number of halogens is 9. The molecule has 0 atom stereocenters. The van der Waals surface area contributed by atoms with Crippen molar-refractivity contribution in [3.8, 4) is 0 Å². The van der Waals surface area contributed by atoms with Gasteiger partial charge in [0.25, 0.3) is 10.0 Å². The number of esters is 2. The molecule has 0 saturated heterocycles. The first-order valence-electron chi connectivity index (χ1n) is 12.1. The number of likely N-dealkylation sites (N-methyl/N-ethyl adjacent to an activating group) is 1. The van der Waals surface area contributed by atoms with Crippen LogP contribution in [0.1, 0.15) is 40.2 Å². The average molecular weight is 672 g/mol. The van der Waals surface area contributed by atoms with Gasteiger partial charge < -0.3 is 9.47 Å². The number of nitrogens with zero attached hydrogens (tertiary/aromatic N) is 1. The summed E-state index contributed by atoms with van der Waals surface area (Å²) in [5.74, 6) is -16.1. The summed E-state index contributed by atoms with van der Waals surface area (Å²) in [5, 5.41) is -6.83. The van der Waals surface area contributed by atoms with Crippen LogP contribution < -0.4 is 0 Å². The van der Waals surface area contributed by atoms with Crippen LogP contribution in [0, 0.1) is 0 Å². The standard InChI is InChI=1S/C11H12F9NO4S.C8H14O2.C8H8/c1-6(2)7(22)25-5-4-21(3)26(23,24)11(19,20)9(14,15)8(12,13)10(16,17)18;1-6(2)7(9)10-8(3,4)5;1-2-8-6-4-3-5-7-8/h1,4-5H2,2-3H3;1H2,2-5H3;2-7H,1H2. The van der Waals surface area contributed by atoms with E-state index in [0.717, 1.165) is 6.92 Å². The van der Waals surface area contributed by atoms with Crippen molar-refractivity contribution in [3.63, 3.8) is 0 Å². The van der Waals surface area contributed by atoms with E-state index in [1.54, 1.807) is 6.92 Å². The molecule has 1 aromatic carbocycles. The normalized spacial score (nSPS) is 12.5. The van der Waals surface area contributed by atoms with Crippen molar-refractivity contribution < 1.29 is 67.0 Å². The molecule has 0 aliphatic heterocycles. The number of alkyl halides is 9. The lowest BCUT2D eigenvalue weighted by molar-refractivity contribution is -0.382. The smallest absolute Gasteiger partial charge is 0.460 e. The summed E-state index contributed by atoms with van der Waals surface area (Å²) in [5.41, 5.74) is 1.01. The summed E-state index contributed by atoms with van der Waals surface area (Å²) in [7, 11) is -6.51. The van der Waals surface area contributed by atoms with Crippen LogP contribution in [0.3, 0.4) is 0 Å². The lowest BCUT2D eigenvalue weighted by atomic mass is 10.1. The van der Waals surface area contributed by atoms with Gasteiger partial charge in [-0.3, -0.25) is 0 Å². The van der Waals surface area contributed by atoms with Crippen LogP contribution in [0.5, 0.6) is 0 Å². The molecule has 0 saturated carbocycles. The van der Waals surface area contributed by atoms with E-state index in [1.165, 1.54) is 5.56 Å². The number of sulfonamides is 1. The zero-order chi connectivity index (χ0) is 35.5. The van der Waals surface area contributed by atoms with Crippen molar-refractivity contribution >= 4 is 28.0 Å². The van der Waals surface area contributed by atoms with Gasteiger partial charge in [0.15, 0.2) is 0 Å². The lowest BCUT2D eigenvalue weighted by Crippen LogP contribution is -2.65. The number of hydrogen-bond acceptors (Lipinski definition) is 6. The number of benzene rings is 1. The molecule has 7 nitrogen and oxygen atoms in total. The molecule has 1 aromatic rings. The van der Waals surface area contributed by atoms with Crippen molar-refractivity contribution in [2.45, 2.75) is 63.5 Å². The molecule has 17 heteroatoms. The van der Waals surface area contributed by atoms with Crippen LogP contribution in [0.4, 0.5) is 39.5 Å². The molecule has 0 N–H and O–H groups in total. The van der Waals surface area contributed by atoms with Crippen LogP contribution in [0.2, 0.25) is 0 Å². The van der Waals surface area contributed by atoms with Gasteiger partial charge in [-0.05, 0) is 40.2 Å². The fourth-order valence-corrected chi connectivity index (χ4v) is 3.34. The molecule has 0 aliphatic rings. The lowest BCUT2D eigenvalue weighted by Gasteiger charge is -2.34. The van der Waals surface area contributed by atoms with Gasteiger partial charge in [-0.25, -0.2) is 18.0 Å². The first kappa shape index (κ1) is 42.8. The molecule has 0 heterocycles. The van der Waals surface area contributed by atoms with Crippen LogP contribution in [0.25, 0.3) is 6.08 Å². The summed E-state index contributed by atoms with van der Waals surface area (Å²) < 4.78 is 146. The van der Waals surface area contributed by atoms with Gasteiger partial charge in [0.2, 0.25) is 0 Å². The van der Waals surface area contributed by atoms with E-state index >= 15 is 0 Å². The van der Waals surface area contributed by atoms with E-state index in [2.05, 4.69) is 24.5 Å². The second-order valence-corrected chi connectivity index (χ2v) is 11.9. The maximum absolute atomic E-state index is 13.5. The highest BCUT2D eigenvalue weighted by Crippen LogP contribution is 2.55. The predicted octanol–water partition coefficient (Wildman–Crippen LogP) is 7.03. The Morgan fingerprint density at radius 3 is 1.57 bits per heavy atom. The zero-order valence-corrected chi connectivity index (χ0v) is 25.5. The molecule has 44 heavy (non-hydrogen) atoms. The Kier molecular flexibility index (Phi) is 15.7. The monoisotopic (exact) mass is 671 g/mol. The van der Waals surface area contributed by atoms with E-state index in [-0.39, 0.29) is 18.6 Å². The molecule has 0 radical (unpaired) electrons. The Bertz CT molecular complexity index is 1260. The van der Waals surface area contributed by atoms with Gasteiger partial charge >= 0.3 is 35.2 Å². The van der Waals surface area contributed by atoms with Gasteiger partial charge in [0, 0.05) is 24.7 Å². The van der Waals surface area contributed by atoms with Gasteiger partial charge in [-0.15, -0.1) is 0 Å². The Hall–Kier alpha value is -3.34. The Morgan fingerprint density at radius 2 is 1.27 bits per heavy atom. The summed E-state index contributed by atoms with van der Waals surface area (Å²) in [6, 6.07) is 10.0. The molecular weight excluding hydrogens is 637 g/mol. The van der Waals surface area contributed by atoms with Gasteiger partial charge in [0.1, 0.15) is 12.2 Å². The fourth-order valence-electron chi connectivity index (χ4n) is 2.18. The predicted molar refractivity (Wildman–Crippen MR) is 145 cm³/mol. The van der Waals surface area contributed by atoms with Crippen LogP contribution in [0.15, 0.2) is 61.2 Å². The quantitative estimate of drug-likeness (QED) is 0.151. The van der Waals surface area contributed by atoms with E-state index in [4.69, 9.17) is 4.74 Å². The maximum Gasteiger partial charge on any atom is 0.460 e. The number of carbonyl (C=O) groups is 2. The van der Waals surface area contributed by atoms with Crippen molar-refractivity contribution in [1.82, 2.24) is 4.31 Å². The molecule has 0 aliphatic carbocycles. The van der Waals surface area contributed by atoms with Crippen LogP contribution in [-0.2, 0) is 29.1 Å². The molecule has 1 rings (SSSR count). The van der Waals surface area contributed by atoms with Gasteiger partial charge in [-0.1, -0.05) is 56.1 Å². The van der Waals surface area contributed by atoms with Crippen molar-refractivity contribution in [3.05, 3.63) is 66.8 Å². The van der Waals surface area contributed by atoms with Crippen molar-refractivity contribution in [2.24, 2.45) is 0 Å². The number of ether oxygens (including phenoxy) is 2. The minimum Gasteiger partial charge on any atom is -0.461 e. The van der Waals surface area contributed by atoms with Crippen LogP contribution in [-0.4, -0.2) is 73.7 Å². The molecule has 0 bridgehead atoms. The summed E-state index contributed by atoms with van der Waals surface area (Å²) in [6.07, 6.45) is -5.31. The summed E-state index contributed by atoms with van der Waals surface area (Å²) >= 11 is 0. The minimum atomic E-state index is -7.34. The number of rotatable bonds is 10. The molecule has 0 amide bonds. The van der Waals surface area contributed by atoms with Crippen LogP contribution >= 0.6 is 0 Å². The molecule has 0 unspecified atom stereocenters. The second-order valence-electron chi connectivity index (χ2n) is 9.80. The summed E-state index contributed by atoms with van der Waals surface area (Å²) in [6.45, 7) is 16.2. The Morgan fingerprint density at radius 1 is 0.841 bits per heavy atom. The Labute approximate surface area is 250 Å². The number of hydrogen-bond donors (Lipinski definition) is 0. The molecule has 0 fully saturated rings. The molecular formula is C27H34F9NO6S. The first-order chi connectivity index (χ1) is 19.5. The van der Waals surface area contributed by atoms with E-state index < -0.39 is 62.3 Å². The van der Waals surface area contributed by atoms with Gasteiger partial charge in [-0.2, -0.15) is 43.8 Å². The molecule has 252 valence electrons.